The van der Waals surface area contributed by atoms with Crippen LogP contribution in [-0.2, 0) is 4.79 Å². The Hall–Kier alpha value is -2.01. The lowest BCUT2D eigenvalue weighted by Gasteiger charge is -1.98. The quantitative estimate of drug-likeness (QED) is 0.527. The van der Waals surface area contributed by atoms with Gasteiger partial charge in [0.15, 0.2) is 5.78 Å². The van der Waals surface area contributed by atoms with Crippen molar-refractivity contribution < 1.29 is 9.90 Å². The van der Waals surface area contributed by atoms with E-state index in [1.54, 1.807) is 11.3 Å². The molecule has 0 fully saturated rings. The fourth-order valence-corrected chi connectivity index (χ4v) is 2.55. The molecule has 4 nitrogen and oxygen atoms in total. The van der Waals surface area contributed by atoms with Gasteiger partial charge in [0.1, 0.15) is 5.76 Å². The zero-order valence-corrected chi connectivity index (χ0v) is 11.8. The Balaban J connectivity index is 2.35. The van der Waals surface area contributed by atoms with E-state index in [1.165, 1.54) is 20.1 Å². The first-order chi connectivity index (χ1) is 8.97. The molecule has 2 rings (SSSR count). The van der Waals surface area contributed by atoms with Crippen LogP contribution in [0.3, 0.4) is 0 Å². The molecule has 1 heterocycles. The third kappa shape index (κ3) is 3.06. The van der Waals surface area contributed by atoms with Crippen LogP contribution in [0.2, 0.25) is 0 Å². The second-order valence-corrected chi connectivity index (χ2v) is 5.43. The summed E-state index contributed by atoms with van der Waals surface area (Å²) in [5.41, 5.74) is 1.90. The van der Waals surface area contributed by atoms with E-state index in [1.807, 2.05) is 25.1 Å². The zero-order valence-electron chi connectivity index (χ0n) is 11.0. The number of aliphatic hydroxyl groups excluding tert-OH is 1. The molecule has 1 aromatic heterocycles. The van der Waals surface area contributed by atoms with E-state index in [2.05, 4.69) is 9.98 Å². The van der Waals surface area contributed by atoms with Gasteiger partial charge in [0.05, 0.1) is 26.5 Å². The van der Waals surface area contributed by atoms with Crippen LogP contribution >= 0.6 is 11.3 Å². The zero-order chi connectivity index (χ0) is 14.0. The van der Waals surface area contributed by atoms with Gasteiger partial charge < -0.3 is 5.11 Å². The van der Waals surface area contributed by atoms with E-state index in [0.717, 1.165) is 20.9 Å². The summed E-state index contributed by atoms with van der Waals surface area (Å²) in [5.74, 6) is -0.232. The maximum atomic E-state index is 11.3. The van der Waals surface area contributed by atoms with Crippen molar-refractivity contribution in [3.8, 4) is 0 Å². The third-order valence-corrected chi connectivity index (χ3v) is 3.52. The van der Waals surface area contributed by atoms with E-state index in [4.69, 9.17) is 0 Å². The first kappa shape index (κ1) is 13.4. The number of rotatable bonds is 3. The number of carbonyl (C=O) groups is 1. The van der Waals surface area contributed by atoms with Crippen LogP contribution in [-0.4, -0.2) is 22.1 Å². The Morgan fingerprint density at radius 2 is 2.16 bits per heavy atom. The summed E-state index contributed by atoms with van der Waals surface area (Å²) in [6, 6.07) is 5.65. The number of Topliss-reactive ketones (excluding diaryl/α,β-unsaturated/α-hetero) is 1. The van der Waals surface area contributed by atoms with Crippen LogP contribution in [0, 0.1) is 6.92 Å². The number of allylic oxidation sites excluding steroid dienone is 2. The van der Waals surface area contributed by atoms with Gasteiger partial charge in [-0.1, -0.05) is 0 Å². The molecule has 0 unspecified atom stereocenters. The highest BCUT2D eigenvalue weighted by molar-refractivity contribution is 7.18. The van der Waals surface area contributed by atoms with Gasteiger partial charge in [-0.25, -0.2) is 4.98 Å². The van der Waals surface area contributed by atoms with Crippen molar-refractivity contribution in [3.05, 3.63) is 34.5 Å². The number of ketones is 1. The summed E-state index contributed by atoms with van der Waals surface area (Å²) in [6.45, 7) is 4.83. The second kappa shape index (κ2) is 5.32. The molecule has 0 aliphatic carbocycles. The van der Waals surface area contributed by atoms with Crippen LogP contribution in [0.15, 0.2) is 34.5 Å². The number of benzene rings is 1. The standard InChI is InChI=1S/C14H14N2O2S/c1-8(17)12(9(2)18)7-15-11-4-5-13-14(6-11)19-10(3)16-13/h4-7,17H,1-3H3/b12-8+,15-7?. The van der Waals surface area contributed by atoms with Gasteiger partial charge >= 0.3 is 0 Å². The molecule has 0 atom stereocenters. The Labute approximate surface area is 115 Å². The number of aromatic nitrogens is 1. The Morgan fingerprint density at radius 1 is 1.42 bits per heavy atom. The minimum atomic E-state index is -0.210. The fourth-order valence-electron chi connectivity index (χ4n) is 1.69. The topological polar surface area (TPSA) is 62.5 Å². The highest BCUT2D eigenvalue weighted by atomic mass is 32.1. The highest BCUT2D eigenvalue weighted by Crippen LogP contribution is 2.26. The number of aryl methyl sites for hydroxylation is 1. The highest BCUT2D eigenvalue weighted by Gasteiger charge is 2.05. The van der Waals surface area contributed by atoms with Crippen LogP contribution < -0.4 is 0 Å². The monoisotopic (exact) mass is 274 g/mol. The van der Waals surface area contributed by atoms with Gasteiger partial charge in [-0.05, 0) is 39.0 Å². The van der Waals surface area contributed by atoms with Crippen molar-refractivity contribution in [2.24, 2.45) is 4.99 Å². The van der Waals surface area contributed by atoms with Crippen LogP contribution in [0.25, 0.3) is 10.2 Å². The number of nitrogens with zero attached hydrogens (tertiary/aromatic N) is 2. The molecular weight excluding hydrogens is 260 g/mol. The van der Waals surface area contributed by atoms with Gasteiger partial charge in [-0.15, -0.1) is 11.3 Å². The summed E-state index contributed by atoms with van der Waals surface area (Å²) in [5, 5.41) is 10.4. The van der Waals surface area contributed by atoms with Crippen molar-refractivity contribution in [1.29, 1.82) is 0 Å². The first-order valence-corrected chi connectivity index (χ1v) is 6.61. The number of hydrogen-bond acceptors (Lipinski definition) is 5. The second-order valence-electron chi connectivity index (χ2n) is 4.20. The number of thiazole rings is 1. The Bertz CT molecular complexity index is 695. The number of carbonyl (C=O) groups excluding carboxylic acids is 1. The van der Waals surface area contributed by atoms with Gasteiger partial charge in [0.2, 0.25) is 0 Å². The molecule has 0 amide bonds. The predicted octanol–water partition coefficient (Wildman–Crippen LogP) is 3.73. The minimum Gasteiger partial charge on any atom is -0.512 e. The summed E-state index contributed by atoms with van der Waals surface area (Å²) in [4.78, 5) is 19.9. The maximum absolute atomic E-state index is 11.3. The van der Waals surface area contributed by atoms with E-state index in [0.29, 0.717) is 0 Å². The van der Waals surface area contributed by atoms with Crippen LogP contribution in [0.4, 0.5) is 5.69 Å². The molecule has 0 aliphatic rings. The predicted molar refractivity (Wildman–Crippen MR) is 78.5 cm³/mol. The van der Waals surface area contributed by atoms with E-state index < -0.39 is 0 Å². The summed E-state index contributed by atoms with van der Waals surface area (Å²) >= 11 is 1.60. The molecular formula is C14H14N2O2S. The average Bonchev–Trinajstić information content (AvgIpc) is 2.67. The molecule has 0 saturated carbocycles. The van der Waals surface area contributed by atoms with E-state index >= 15 is 0 Å². The van der Waals surface area contributed by atoms with E-state index in [-0.39, 0.29) is 17.1 Å². The van der Waals surface area contributed by atoms with Crippen molar-refractivity contribution in [2.45, 2.75) is 20.8 Å². The molecule has 0 spiro atoms. The lowest BCUT2D eigenvalue weighted by Crippen LogP contribution is -2.01. The normalized spacial score (nSPS) is 13.0. The minimum absolute atomic E-state index is 0.0223. The number of fused-ring (bicyclic) bond motifs is 1. The Morgan fingerprint density at radius 3 is 2.79 bits per heavy atom. The number of hydrogen-bond donors (Lipinski definition) is 1. The van der Waals surface area contributed by atoms with Crippen molar-refractivity contribution in [1.82, 2.24) is 4.98 Å². The molecule has 0 saturated heterocycles. The van der Waals surface area contributed by atoms with Crippen molar-refractivity contribution in [2.75, 3.05) is 0 Å². The maximum Gasteiger partial charge on any atom is 0.164 e. The van der Waals surface area contributed by atoms with E-state index in [9.17, 15) is 9.90 Å². The third-order valence-electron chi connectivity index (χ3n) is 2.59. The van der Waals surface area contributed by atoms with Gasteiger partial charge in [-0.3, -0.25) is 9.79 Å². The van der Waals surface area contributed by atoms with Gasteiger partial charge in [0, 0.05) is 6.21 Å². The SMILES string of the molecule is CC(=O)/C(C=Nc1ccc2nc(C)sc2c1)=C(\C)O. The van der Waals surface area contributed by atoms with Gasteiger partial charge in [0.25, 0.3) is 0 Å². The lowest BCUT2D eigenvalue weighted by molar-refractivity contribution is -0.113. The van der Waals surface area contributed by atoms with Gasteiger partial charge in [-0.2, -0.15) is 0 Å². The molecule has 5 heteroatoms. The molecule has 0 aliphatic heterocycles. The van der Waals surface area contributed by atoms with Crippen molar-refractivity contribution in [3.63, 3.8) is 0 Å². The Kier molecular flexibility index (Phi) is 3.76. The summed E-state index contributed by atoms with van der Waals surface area (Å²) in [6.07, 6.45) is 1.40. The first-order valence-electron chi connectivity index (χ1n) is 5.79. The number of aliphatic hydroxyl groups is 1. The summed E-state index contributed by atoms with van der Waals surface area (Å²) < 4.78 is 1.06. The molecule has 1 aromatic carbocycles. The smallest absolute Gasteiger partial charge is 0.164 e. The molecule has 0 radical (unpaired) electrons. The molecule has 98 valence electrons. The molecule has 1 N–H and O–H groups in total. The molecule has 19 heavy (non-hydrogen) atoms. The number of aliphatic imine (C=N–C) groups is 1. The largest absolute Gasteiger partial charge is 0.512 e. The lowest BCUT2D eigenvalue weighted by atomic mass is 10.2. The average molecular weight is 274 g/mol. The molecule has 2 aromatic rings. The summed E-state index contributed by atoms with van der Waals surface area (Å²) in [7, 11) is 0. The van der Waals surface area contributed by atoms with Crippen LogP contribution in [0.1, 0.15) is 18.9 Å². The van der Waals surface area contributed by atoms with Crippen LogP contribution in [0.5, 0.6) is 0 Å². The molecule has 0 bridgehead atoms. The fraction of sp³-hybridized carbons (Fsp3) is 0.214. The van der Waals surface area contributed by atoms with Crippen molar-refractivity contribution >= 4 is 39.2 Å².